The van der Waals surface area contributed by atoms with Gasteiger partial charge in [0.2, 0.25) is 11.1 Å². The van der Waals surface area contributed by atoms with Crippen LogP contribution in [0.4, 0.5) is 18.9 Å². The van der Waals surface area contributed by atoms with Crippen molar-refractivity contribution in [2.24, 2.45) is 0 Å². The molecule has 0 saturated carbocycles. The van der Waals surface area contributed by atoms with E-state index in [1.165, 1.54) is 16.8 Å². The van der Waals surface area contributed by atoms with Gasteiger partial charge in [0.05, 0.1) is 23.6 Å². The normalized spacial score (nSPS) is 12.4. The third kappa shape index (κ3) is 5.05. The van der Waals surface area contributed by atoms with Crippen LogP contribution in [0.1, 0.15) is 12.5 Å². The Labute approximate surface area is 168 Å². The summed E-state index contributed by atoms with van der Waals surface area (Å²) in [5.41, 5.74) is -0.102. The molecule has 1 amide bonds. The van der Waals surface area contributed by atoms with Crippen LogP contribution in [-0.2, 0) is 11.0 Å². The van der Waals surface area contributed by atoms with Gasteiger partial charge in [-0.3, -0.25) is 4.79 Å². The standard InChI is InChI=1S/C18H16F3N5O2S/c1-11(16(27)22-13-5-3-4-12(10-13)18(19,20)21)29-17-23-24-25-26(17)14-6-8-15(28-2)9-7-14/h3-11H,1-2H3,(H,22,27)/t11-/m1/s1. The van der Waals surface area contributed by atoms with E-state index in [0.29, 0.717) is 16.6 Å². The van der Waals surface area contributed by atoms with Crippen LogP contribution in [0.2, 0.25) is 0 Å². The van der Waals surface area contributed by atoms with E-state index in [9.17, 15) is 18.0 Å². The molecule has 1 N–H and O–H groups in total. The number of tetrazole rings is 1. The second kappa shape index (κ2) is 8.52. The maximum Gasteiger partial charge on any atom is 0.416 e. The van der Waals surface area contributed by atoms with Crippen molar-refractivity contribution in [3.8, 4) is 11.4 Å². The number of anilines is 1. The van der Waals surface area contributed by atoms with Gasteiger partial charge < -0.3 is 10.1 Å². The van der Waals surface area contributed by atoms with Gasteiger partial charge in [0.25, 0.3) is 0 Å². The van der Waals surface area contributed by atoms with Crippen molar-refractivity contribution >= 4 is 23.4 Å². The number of alkyl halides is 3. The first-order chi connectivity index (χ1) is 13.8. The fourth-order valence-corrected chi connectivity index (χ4v) is 3.17. The number of carbonyl (C=O) groups is 1. The van der Waals surface area contributed by atoms with Gasteiger partial charge >= 0.3 is 6.18 Å². The minimum absolute atomic E-state index is 0.0621. The smallest absolute Gasteiger partial charge is 0.416 e. The first kappa shape index (κ1) is 20.6. The summed E-state index contributed by atoms with van der Waals surface area (Å²) in [6, 6.07) is 11.5. The highest BCUT2D eigenvalue weighted by Crippen LogP contribution is 2.31. The molecule has 0 spiro atoms. The number of benzene rings is 2. The van der Waals surface area contributed by atoms with Crippen molar-refractivity contribution < 1.29 is 22.7 Å². The van der Waals surface area contributed by atoms with Crippen LogP contribution < -0.4 is 10.1 Å². The lowest BCUT2D eigenvalue weighted by molar-refractivity contribution is -0.137. The number of hydrogen-bond donors (Lipinski definition) is 1. The fraction of sp³-hybridized carbons (Fsp3) is 0.222. The van der Waals surface area contributed by atoms with Crippen molar-refractivity contribution in [3.63, 3.8) is 0 Å². The predicted octanol–water partition coefficient (Wildman–Crippen LogP) is 3.81. The van der Waals surface area contributed by atoms with Gasteiger partial charge in [-0.25, -0.2) is 0 Å². The van der Waals surface area contributed by atoms with E-state index in [2.05, 4.69) is 20.8 Å². The Morgan fingerprint density at radius 3 is 2.59 bits per heavy atom. The number of nitrogens with one attached hydrogen (secondary N) is 1. The number of amides is 1. The first-order valence-electron chi connectivity index (χ1n) is 8.35. The van der Waals surface area contributed by atoms with Gasteiger partial charge in [-0.05, 0) is 59.8 Å². The summed E-state index contributed by atoms with van der Waals surface area (Å²) in [4.78, 5) is 12.4. The molecule has 2 aromatic carbocycles. The molecule has 0 aliphatic carbocycles. The molecular formula is C18H16F3N5O2S. The van der Waals surface area contributed by atoms with Crippen LogP contribution in [-0.4, -0.2) is 38.5 Å². The molecule has 0 aliphatic heterocycles. The van der Waals surface area contributed by atoms with Crippen LogP contribution in [0.3, 0.4) is 0 Å². The second-order valence-electron chi connectivity index (χ2n) is 5.90. The van der Waals surface area contributed by atoms with E-state index < -0.39 is 22.9 Å². The average molecular weight is 423 g/mol. The lowest BCUT2D eigenvalue weighted by Crippen LogP contribution is -2.23. The quantitative estimate of drug-likeness (QED) is 0.608. The van der Waals surface area contributed by atoms with Crippen molar-refractivity contribution in [2.45, 2.75) is 23.5 Å². The minimum atomic E-state index is -4.48. The lowest BCUT2D eigenvalue weighted by atomic mass is 10.2. The Bertz CT molecular complexity index is 992. The van der Waals surface area contributed by atoms with E-state index >= 15 is 0 Å². The monoisotopic (exact) mass is 423 g/mol. The molecule has 0 aliphatic rings. The van der Waals surface area contributed by atoms with Gasteiger partial charge in [0, 0.05) is 5.69 Å². The molecule has 0 unspecified atom stereocenters. The van der Waals surface area contributed by atoms with Crippen LogP contribution in [0.25, 0.3) is 5.69 Å². The number of halogens is 3. The molecule has 3 rings (SSSR count). The molecule has 3 aromatic rings. The summed E-state index contributed by atoms with van der Waals surface area (Å²) < 4.78 is 45.0. The first-order valence-corrected chi connectivity index (χ1v) is 9.23. The SMILES string of the molecule is COc1ccc(-n2nnnc2S[C@H](C)C(=O)Nc2cccc(C(F)(F)F)c2)cc1. The van der Waals surface area contributed by atoms with Gasteiger partial charge in [-0.2, -0.15) is 17.9 Å². The van der Waals surface area contributed by atoms with Crippen molar-refractivity contribution in [3.05, 3.63) is 54.1 Å². The highest BCUT2D eigenvalue weighted by atomic mass is 32.2. The average Bonchev–Trinajstić information content (AvgIpc) is 3.15. The Morgan fingerprint density at radius 2 is 1.93 bits per heavy atom. The molecule has 1 aromatic heterocycles. The third-order valence-corrected chi connectivity index (χ3v) is 4.90. The summed E-state index contributed by atoms with van der Waals surface area (Å²) >= 11 is 1.08. The molecule has 1 heterocycles. The number of thioether (sulfide) groups is 1. The maximum absolute atomic E-state index is 12.8. The van der Waals surface area contributed by atoms with Gasteiger partial charge in [-0.1, -0.05) is 17.8 Å². The Kier molecular flexibility index (Phi) is 6.06. The number of ether oxygens (including phenoxy) is 1. The van der Waals surface area contributed by atoms with E-state index in [1.54, 1.807) is 38.3 Å². The molecular weight excluding hydrogens is 407 g/mol. The fourth-order valence-electron chi connectivity index (χ4n) is 2.37. The molecule has 7 nitrogen and oxygen atoms in total. The second-order valence-corrected chi connectivity index (χ2v) is 7.21. The van der Waals surface area contributed by atoms with Crippen LogP contribution >= 0.6 is 11.8 Å². The number of aromatic nitrogens is 4. The van der Waals surface area contributed by atoms with E-state index in [1.807, 2.05) is 0 Å². The summed E-state index contributed by atoms with van der Waals surface area (Å²) in [5, 5.41) is 13.7. The van der Waals surface area contributed by atoms with E-state index in [-0.39, 0.29) is 5.69 Å². The molecule has 0 bridgehead atoms. The van der Waals surface area contributed by atoms with Gasteiger partial charge in [0.1, 0.15) is 5.75 Å². The number of hydrogen-bond acceptors (Lipinski definition) is 6. The van der Waals surface area contributed by atoms with E-state index in [0.717, 1.165) is 23.9 Å². The third-order valence-electron chi connectivity index (χ3n) is 3.87. The van der Waals surface area contributed by atoms with Crippen LogP contribution in [0, 0.1) is 0 Å². The molecule has 152 valence electrons. The van der Waals surface area contributed by atoms with Crippen molar-refractivity contribution in [1.29, 1.82) is 0 Å². The molecule has 0 fully saturated rings. The summed E-state index contributed by atoms with van der Waals surface area (Å²) in [5.74, 6) is 0.198. The number of carbonyl (C=O) groups excluding carboxylic acids is 1. The summed E-state index contributed by atoms with van der Waals surface area (Å²) in [7, 11) is 1.55. The zero-order valence-corrected chi connectivity index (χ0v) is 16.2. The van der Waals surface area contributed by atoms with E-state index in [4.69, 9.17) is 4.74 Å². The minimum Gasteiger partial charge on any atom is -0.497 e. The van der Waals surface area contributed by atoms with Crippen LogP contribution in [0.5, 0.6) is 5.75 Å². The summed E-state index contributed by atoms with van der Waals surface area (Å²) in [6.45, 7) is 1.61. The lowest BCUT2D eigenvalue weighted by Gasteiger charge is -2.13. The Balaban J connectivity index is 1.70. The largest absolute Gasteiger partial charge is 0.497 e. The highest BCUT2D eigenvalue weighted by molar-refractivity contribution is 8.00. The highest BCUT2D eigenvalue weighted by Gasteiger charge is 2.30. The molecule has 0 saturated heterocycles. The zero-order chi connectivity index (χ0) is 21.0. The number of methoxy groups -OCH3 is 1. The molecule has 0 radical (unpaired) electrons. The molecule has 29 heavy (non-hydrogen) atoms. The molecule has 11 heteroatoms. The van der Waals surface area contributed by atoms with Crippen molar-refractivity contribution in [2.75, 3.05) is 12.4 Å². The van der Waals surface area contributed by atoms with Crippen molar-refractivity contribution in [1.82, 2.24) is 20.2 Å². The number of nitrogens with zero attached hydrogens (tertiary/aromatic N) is 4. The molecule has 1 atom stereocenters. The zero-order valence-electron chi connectivity index (χ0n) is 15.3. The van der Waals surface area contributed by atoms with Gasteiger partial charge in [0.15, 0.2) is 0 Å². The Hall–Kier alpha value is -3.08. The number of rotatable bonds is 6. The topological polar surface area (TPSA) is 81.9 Å². The maximum atomic E-state index is 12.8. The summed E-state index contributed by atoms with van der Waals surface area (Å²) in [6.07, 6.45) is -4.48. The predicted molar refractivity (Wildman–Crippen MR) is 101 cm³/mol. The van der Waals surface area contributed by atoms with Crippen LogP contribution in [0.15, 0.2) is 53.7 Å². The Morgan fingerprint density at radius 1 is 1.21 bits per heavy atom. The van der Waals surface area contributed by atoms with Gasteiger partial charge in [-0.15, -0.1) is 5.10 Å².